The lowest BCUT2D eigenvalue weighted by atomic mass is 9.57. The molecule has 3 fully saturated rings. The molecule has 4 atom stereocenters. The zero-order valence-electron chi connectivity index (χ0n) is 15.9. The van der Waals surface area contributed by atoms with Gasteiger partial charge in [0, 0.05) is 11.8 Å². The van der Waals surface area contributed by atoms with E-state index in [2.05, 4.69) is 20.8 Å². The van der Waals surface area contributed by atoms with E-state index in [0.29, 0.717) is 17.9 Å². The Kier molecular flexibility index (Phi) is 3.94. The van der Waals surface area contributed by atoms with E-state index >= 15 is 0 Å². The highest BCUT2D eigenvalue weighted by molar-refractivity contribution is 5.89. The molecule has 2 bridgehead atoms. The first-order chi connectivity index (χ1) is 12.2. The van der Waals surface area contributed by atoms with Gasteiger partial charge in [-0.15, -0.1) is 0 Å². The van der Waals surface area contributed by atoms with Gasteiger partial charge in [0.2, 0.25) is 0 Å². The van der Waals surface area contributed by atoms with E-state index in [1.165, 1.54) is 0 Å². The van der Waals surface area contributed by atoms with Crippen LogP contribution in [0.25, 0.3) is 0 Å². The minimum absolute atomic E-state index is 0.0936. The van der Waals surface area contributed by atoms with Gasteiger partial charge in [0.25, 0.3) is 0 Å². The van der Waals surface area contributed by atoms with Crippen LogP contribution >= 0.6 is 0 Å². The molecule has 4 nitrogen and oxygen atoms in total. The van der Waals surface area contributed by atoms with Crippen LogP contribution in [0, 0.1) is 16.7 Å². The molecule has 1 heterocycles. The third-order valence-electron chi connectivity index (χ3n) is 7.07. The van der Waals surface area contributed by atoms with Crippen LogP contribution in [0.2, 0.25) is 0 Å². The smallest absolute Gasteiger partial charge is 0.338 e. The first-order valence-corrected chi connectivity index (χ1v) is 9.72. The van der Waals surface area contributed by atoms with E-state index in [1.807, 2.05) is 18.2 Å². The van der Waals surface area contributed by atoms with Gasteiger partial charge >= 0.3 is 11.9 Å². The second-order valence-electron chi connectivity index (χ2n) is 9.38. The van der Waals surface area contributed by atoms with Crippen molar-refractivity contribution in [3.63, 3.8) is 0 Å². The molecule has 1 aliphatic heterocycles. The fourth-order valence-corrected chi connectivity index (χ4v) is 6.08. The third-order valence-corrected chi connectivity index (χ3v) is 7.07. The number of benzene rings is 1. The molecule has 2 aliphatic carbocycles. The van der Waals surface area contributed by atoms with Crippen molar-refractivity contribution in [3.05, 3.63) is 35.9 Å². The van der Waals surface area contributed by atoms with Crippen molar-refractivity contribution in [1.82, 2.24) is 0 Å². The van der Waals surface area contributed by atoms with Gasteiger partial charge in [-0.2, -0.15) is 0 Å². The molecule has 3 aliphatic rings. The average Bonchev–Trinajstić information content (AvgIpc) is 2.73. The maximum atomic E-state index is 12.8. The SMILES string of the molecule is CC1(C)C[C@H](OC(=O)c2ccccc2)[C@]23CCC(=O)O[C@](C)(CC[C@@H]12)C3. The van der Waals surface area contributed by atoms with E-state index in [9.17, 15) is 9.59 Å². The standard InChI is InChI=1S/C22H28O4/c1-20(2)13-17(25-19(24)15-7-5-4-6-8-15)22-12-10-18(23)26-21(3,14-22)11-9-16(20)22/h4-8,16-17H,9-14H2,1-3H3/t16-,17-,21+,22-/m0/s1. The van der Waals surface area contributed by atoms with Crippen molar-refractivity contribution in [1.29, 1.82) is 0 Å². The molecule has 0 aromatic heterocycles. The van der Waals surface area contributed by atoms with Crippen LogP contribution in [0.15, 0.2) is 30.3 Å². The molecule has 4 heteroatoms. The minimum Gasteiger partial charge on any atom is -0.459 e. The fourth-order valence-electron chi connectivity index (χ4n) is 6.08. The molecule has 4 rings (SSSR count). The normalized spacial score (nSPS) is 38.0. The summed E-state index contributed by atoms with van der Waals surface area (Å²) in [5.41, 5.74) is 0.0930. The zero-order valence-corrected chi connectivity index (χ0v) is 15.9. The number of ether oxygens (including phenoxy) is 2. The Labute approximate surface area is 155 Å². The van der Waals surface area contributed by atoms with E-state index in [1.54, 1.807) is 12.1 Å². The molecule has 1 saturated heterocycles. The van der Waals surface area contributed by atoms with Crippen molar-refractivity contribution >= 4 is 11.9 Å². The van der Waals surface area contributed by atoms with Gasteiger partial charge in [0.05, 0.1) is 5.56 Å². The van der Waals surface area contributed by atoms with E-state index in [0.717, 1.165) is 32.1 Å². The van der Waals surface area contributed by atoms with Crippen molar-refractivity contribution in [2.24, 2.45) is 16.7 Å². The monoisotopic (exact) mass is 356 g/mol. The minimum atomic E-state index is -0.429. The lowest BCUT2D eigenvalue weighted by molar-refractivity contribution is -0.164. The highest BCUT2D eigenvalue weighted by Crippen LogP contribution is 2.66. The number of rotatable bonds is 2. The van der Waals surface area contributed by atoms with Gasteiger partial charge in [-0.1, -0.05) is 32.0 Å². The first kappa shape index (κ1) is 17.6. The van der Waals surface area contributed by atoms with Crippen LogP contribution in [-0.2, 0) is 14.3 Å². The van der Waals surface area contributed by atoms with E-state index < -0.39 is 5.60 Å². The van der Waals surface area contributed by atoms with E-state index in [4.69, 9.17) is 9.47 Å². The first-order valence-electron chi connectivity index (χ1n) is 9.72. The van der Waals surface area contributed by atoms with Gasteiger partial charge in [-0.05, 0) is 62.5 Å². The van der Waals surface area contributed by atoms with Gasteiger partial charge in [-0.3, -0.25) is 4.79 Å². The Morgan fingerprint density at radius 2 is 1.88 bits per heavy atom. The number of fused-ring (bicyclic) bond motifs is 1. The Hall–Kier alpha value is -1.84. The highest BCUT2D eigenvalue weighted by Gasteiger charge is 2.65. The molecule has 1 aromatic carbocycles. The predicted octanol–water partition coefficient (Wildman–Crippen LogP) is 4.52. The lowest BCUT2D eigenvalue weighted by Gasteiger charge is -2.49. The molecule has 1 spiro atoms. The zero-order chi connectivity index (χ0) is 18.6. The number of carbonyl (C=O) groups is 2. The molecular weight excluding hydrogens is 328 g/mol. The van der Waals surface area contributed by atoms with Gasteiger partial charge in [0.15, 0.2) is 0 Å². The van der Waals surface area contributed by atoms with Crippen LogP contribution < -0.4 is 0 Å². The summed E-state index contributed by atoms with van der Waals surface area (Å²) in [6.07, 6.45) is 4.57. The van der Waals surface area contributed by atoms with Gasteiger partial charge in [0.1, 0.15) is 11.7 Å². The summed E-state index contributed by atoms with van der Waals surface area (Å²) in [7, 11) is 0. The number of hydrogen-bond donors (Lipinski definition) is 0. The highest BCUT2D eigenvalue weighted by atomic mass is 16.6. The van der Waals surface area contributed by atoms with Crippen molar-refractivity contribution in [3.8, 4) is 0 Å². The summed E-state index contributed by atoms with van der Waals surface area (Å²) < 4.78 is 11.9. The molecular formula is C22H28O4. The molecule has 26 heavy (non-hydrogen) atoms. The van der Waals surface area contributed by atoms with Crippen LogP contribution in [-0.4, -0.2) is 23.6 Å². The summed E-state index contributed by atoms with van der Waals surface area (Å²) in [5.74, 6) is 0.0826. The summed E-state index contributed by atoms with van der Waals surface area (Å²) in [6.45, 7) is 6.62. The van der Waals surface area contributed by atoms with E-state index in [-0.39, 0.29) is 28.9 Å². The molecule has 140 valence electrons. The number of esters is 2. The summed E-state index contributed by atoms with van der Waals surface area (Å²) in [6, 6.07) is 9.19. The predicted molar refractivity (Wildman–Crippen MR) is 97.5 cm³/mol. The Morgan fingerprint density at radius 3 is 2.62 bits per heavy atom. The summed E-state index contributed by atoms with van der Waals surface area (Å²) in [4.78, 5) is 25.0. The van der Waals surface area contributed by atoms with Gasteiger partial charge < -0.3 is 9.47 Å². The van der Waals surface area contributed by atoms with Gasteiger partial charge in [-0.25, -0.2) is 4.79 Å². The van der Waals surface area contributed by atoms with Crippen LogP contribution in [0.5, 0.6) is 0 Å². The largest absolute Gasteiger partial charge is 0.459 e. The maximum absolute atomic E-state index is 12.8. The topological polar surface area (TPSA) is 52.6 Å². The summed E-state index contributed by atoms with van der Waals surface area (Å²) in [5, 5.41) is 0. The second kappa shape index (κ2) is 5.83. The summed E-state index contributed by atoms with van der Waals surface area (Å²) >= 11 is 0. The second-order valence-corrected chi connectivity index (χ2v) is 9.38. The maximum Gasteiger partial charge on any atom is 0.338 e. The Bertz CT molecular complexity index is 725. The quantitative estimate of drug-likeness (QED) is 0.731. The Balaban J connectivity index is 1.68. The van der Waals surface area contributed by atoms with Crippen LogP contribution in [0.3, 0.4) is 0 Å². The molecule has 0 amide bonds. The molecule has 1 aromatic rings. The third kappa shape index (κ3) is 2.74. The van der Waals surface area contributed by atoms with Crippen LogP contribution in [0.4, 0.5) is 0 Å². The van der Waals surface area contributed by atoms with Crippen molar-refractivity contribution in [2.45, 2.75) is 71.0 Å². The lowest BCUT2D eigenvalue weighted by Crippen LogP contribution is -2.49. The average molecular weight is 356 g/mol. The fraction of sp³-hybridized carbons (Fsp3) is 0.636. The number of hydrogen-bond acceptors (Lipinski definition) is 4. The van der Waals surface area contributed by atoms with Crippen molar-refractivity contribution in [2.75, 3.05) is 0 Å². The van der Waals surface area contributed by atoms with Crippen LogP contribution in [0.1, 0.15) is 69.7 Å². The van der Waals surface area contributed by atoms with Crippen molar-refractivity contribution < 1.29 is 19.1 Å². The Morgan fingerprint density at radius 1 is 1.15 bits per heavy atom. The molecule has 0 unspecified atom stereocenters. The number of carbonyl (C=O) groups excluding carboxylic acids is 2. The molecule has 0 N–H and O–H groups in total. The molecule has 0 radical (unpaired) electrons. The molecule has 2 saturated carbocycles.